The van der Waals surface area contributed by atoms with Gasteiger partial charge in [-0.15, -0.1) is 0 Å². The van der Waals surface area contributed by atoms with Crippen LogP contribution in [-0.2, 0) is 19.4 Å². The Morgan fingerprint density at radius 2 is 1.61 bits per heavy atom. The first kappa shape index (κ1) is 21.0. The topological polar surface area (TPSA) is 51.9 Å². The molecule has 1 aromatic heterocycles. The number of fused-ring (bicyclic) bond motifs is 1. The van der Waals surface area contributed by atoms with Crippen LogP contribution in [0.1, 0.15) is 49.7 Å². The summed E-state index contributed by atoms with van der Waals surface area (Å²) in [5.74, 6) is 2.52. The van der Waals surface area contributed by atoms with Crippen LogP contribution < -0.4 is 9.47 Å². The van der Waals surface area contributed by atoms with Crippen molar-refractivity contribution in [2.45, 2.75) is 40.2 Å². The SMILES string of the molecule is COc1cc2c(cc1OC)CN(C(=O)c1ccc(Cc3c(C)cc(C)cc3C)o1)CC2. The molecule has 0 bridgehead atoms. The molecule has 0 saturated heterocycles. The Morgan fingerprint density at radius 3 is 2.26 bits per heavy atom. The maximum absolute atomic E-state index is 13.1. The number of carbonyl (C=O) groups excluding carboxylic acids is 1. The van der Waals surface area contributed by atoms with Gasteiger partial charge in [-0.1, -0.05) is 17.7 Å². The molecule has 0 atom stereocenters. The summed E-state index contributed by atoms with van der Waals surface area (Å²) in [4.78, 5) is 14.9. The highest BCUT2D eigenvalue weighted by molar-refractivity contribution is 5.91. The third kappa shape index (κ3) is 4.18. The molecule has 1 aliphatic rings. The molecule has 5 nitrogen and oxygen atoms in total. The molecular formula is C26H29NO4. The number of hydrogen-bond acceptors (Lipinski definition) is 4. The first-order valence-corrected chi connectivity index (χ1v) is 10.6. The van der Waals surface area contributed by atoms with Gasteiger partial charge in [0.15, 0.2) is 17.3 Å². The van der Waals surface area contributed by atoms with E-state index in [0.717, 1.165) is 23.5 Å². The molecular weight excluding hydrogens is 390 g/mol. The van der Waals surface area contributed by atoms with E-state index in [0.29, 0.717) is 31.0 Å². The Morgan fingerprint density at radius 1 is 0.968 bits per heavy atom. The van der Waals surface area contributed by atoms with Gasteiger partial charge in [-0.25, -0.2) is 0 Å². The Kier molecular flexibility index (Phi) is 5.77. The number of methoxy groups -OCH3 is 2. The molecule has 2 heterocycles. The number of nitrogens with zero attached hydrogens (tertiary/aromatic N) is 1. The van der Waals surface area contributed by atoms with Crippen LogP contribution >= 0.6 is 0 Å². The number of aryl methyl sites for hydroxylation is 3. The highest BCUT2D eigenvalue weighted by Gasteiger charge is 2.25. The van der Waals surface area contributed by atoms with E-state index >= 15 is 0 Å². The lowest BCUT2D eigenvalue weighted by Gasteiger charge is -2.29. The zero-order chi connectivity index (χ0) is 22.1. The average Bonchev–Trinajstić information content (AvgIpc) is 3.23. The Bertz CT molecular complexity index is 1110. The molecule has 1 amide bonds. The van der Waals surface area contributed by atoms with Crippen molar-refractivity contribution in [2.75, 3.05) is 20.8 Å². The Balaban J connectivity index is 1.51. The predicted molar refractivity (Wildman–Crippen MR) is 120 cm³/mol. The summed E-state index contributed by atoms with van der Waals surface area (Å²) in [7, 11) is 3.26. The average molecular weight is 420 g/mol. The van der Waals surface area contributed by atoms with Crippen molar-refractivity contribution >= 4 is 5.91 Å². The quantitative estimate of drug-likeness (QED) is 0.583. The van der Waals surface area contributed by atoms with Crippen LogP contribution in [0.5, 0.6) is 11.5 Å². The van der Waals surface area contributed by atoms with E-state index < -0.39 is 0 Å². The van der Waals surface area contributed by atoms with Crippen LogP contribution in [0.3, 0.4) is 0 Å². The van der Waals surface area contributed by atoms with Gasteiger partial charge in [-0.3, -0.25) is 4.79 Å². The fourth-order valence-electron chi connectivity index (χ4n) is 4.46. The monoisotopic (exact) mass is 419 g/mol. The number of rotatable bonds is 5. The molecule has 2 aromatic carbocycles. The Labute approximate surface area is 183 Å². The molecule has 0 radical (unpaired) electrons. The molecule has 5 heteroatoms. The van der Waals surface area contributed by atoms with E-state index in [1.54, 1.807) is 20.3 Å². The van der Waals surface area contributed by atoms with E-state index in [-0.39, 0.29) is 5.91 Å². The first-order valence-electron chi connectivity index (χ1n) is 10.6. The number of benzene rings is 2. The lowest BCUT2D eigenvalue weighted by molar-refractivity contribution is 0.0700. The molecule has 0 N–H and O–H groups in total. The van der Waals surface area contributed by atoms with E-state index in [1.165, 1.54) is 27.8 Å². The summed E-state index contributed by atoms with van der Waals surface area (Å²) >= 11 is 0. The second-order valence-corrected chi connectivity index (χ2v) is 8.27. The van der Waals surface area contributed by atoms with E-state index in [1.807, 2.05) is 23.1 Å². The summed E-state index contributed by atoms with van der Waals surface area (Å²) in [6.45, 7) is 7.53. The lowest BCUT2D eigenvalue weighted by atomic mass is 9.96. The van der Waals surface area contributed by atoms with Crippen molar-refractivity contribution < 1.29 is 18.7 Å². The van der Waals surface area contributed by atoms with Gasteiger partial charge in [0.05, 0.1) is 14.2 Å². The smallest absolute Gasteiger partial charge is 0.289 e. The number of amides is 1. The number of hydrogen-bond donors (Lipinski definition) is 0. The number of ether oxygens (including phenoxy) is 2. The van der Waals surface area contributed by atoms with Crippen molar-refractivity contribution in [3.8, 4) is 11.5 Å². The van der Waals surface area contributed by atoms with Crippen molar-refractivity contribution in [2.24, 2.45) is 0 Å². The minimum Gasteiger partial charge on any atom is -0.493 e. The molecule has 0 saturated carbocycles. The van der Waals surface area contributed by atoms with Gasteiger partial charge in [-0.2, -0.15) is 0 Å². The third-order valence-corrected chi connectivity index (χ3v) is 6.07. The van der Waals surface area contributed by atoms with Gasteiger partial charge in [0.1, 0.15) is 5.76 Å². The van der Waals surface area contributed by atoms with Crippen molar-refractivity contribution in [1.82, 2.24) is 4.90 Å². The zero-order valence-corrected chi connectivity index (χ0v) is 18.9. The number of furan rings is 1. The van der Waals surface area contributed by atoms with Gasteiger partial charge in [0.25, 0.3) is 5.91 Å². The highest BCUT2D eigenvalue weighted by atomic mass is 16.5. The fourth-order valence-corrected chi connectivity index (χ4v) is 4.46. The van der Waals surface area contributed by atoms with Crippen molar-refractivity contribution in [3.05, 3.63) is 81.3 Å². The Hall–Kier alpha value is -3.21. The molecule has 0 aliphatic carbocycles. The predicted octanol–water partition coefficient (Wildman–Crippen LogP) is 5.01. The summed E-state index contributed by atoms with van der Waals surface area (Å²) in [6, 6.07) is 12.0. The molecule has 3 aromatic rings. The van der Waals surface area contributed by atoms with Crippen LogP contribution in [0.25, 0.3) is 0 Å². The normalized spacial score (nSPS) is 13.1. The van der Waals surface area contributed by atoms with Crippen LogP contribution in [0.4, 0.5) is 0 Å². The molecule has 162 valence electrons. The molecule has 0 spiro atoms. The van der Waals surface area contributed by atoms with E-state index in [4.69, 9.17) is 13.9 Å². The largest absolute Gasteiger partial charge is 0.493 e. The molecule has 0 unspecified atom stereocenters. The highest BCUT2D eigenvalue weighted by Crippen LogP contribution is 2.33. The zero-order valence-electron chi connectivity index (χ0n) is 18.9. The summed E-state index contributed by atoms with van der Waals surface area (Å²) < 4.78 is 16.8. The van der Waals surface area contributed by atoms with Crippen LogP contribution in [-0.4, -0.2) is 31.6 Å². The minimum absolute atomic E-state index is 0.0796. The molecule has 4 rings (SSSR count). The van der Waals surface area contributed by atoms with Gasteiger partial charge in [0, 0.05) is 19.5 Å². The summed E-state index contributed by atoms with van der Waals surface area (Å²) in [6.07, 6.45) is 1.46. The fraction of sp³-hybridized carbons (Fsp3) is 0.346. The van der Waals surface area contributed by atoms with Crippen LogP contribution in [0.15, 0.2) is 40.8 Å². The lowest BCUT2D eigenvalue weighted by Crippen LogP contribution is -2.35. The van der Waals surface area contributed by atoms with Crippen LogP contribution in [0.2, 0.25) is 0 Å². The van der Waals surface area contributed by atoms with Gasteiger partial charge < -0.3 is 18.8 Å². The van der Waals surface area contributed by atoms with Crippen molar-refractivity contribution in [1.29, 1.82) is 0 Å². The van der Waals surface area contributed by atoms with Crippen LogP contribution in [0, 0.1) is 20.8 Å². The van der Waals surface area contributed by atoms with Gasteiger partial charge in [-0.05, 0) is 79.3 Å². The molecule has 1 aliphatic heterocycles. The third-order valence-electron chi connectivity index (χ3n) is 6.07. The maximum Gasteiger partial charge on any atom is 0.289 e. The first-order chi connectivity index (χ1) is 14.9. The minimum atomic E-state index is -0.0796. The van der Waals surface area contributed by atoms with Crippen molar-refractivity contribution in [3.63, 3.8) is 0 Å². The second-order valence-electron chi connectivity index (χ2n) is 8.27. The number of carbonyl (C=O) groups is 1. The van der Waals surface area contributed by atoms with Gasteiger partial charge >= 0.3 is 0 Å². The van der Waals surface area contributed by atoms with Gasteiger partial charge in [0.2, 0.25) is 0 Å². The maximum atomic E-state index is 13.1. The molecule has 31 heavy (non-hydrogen) atoms. The summed E-state index contributed by atoms with van der Waals surface area (Å²) in [5.41, 5.74) is 7.28. The molecule has 0 fully saturated rings. The summed E-state index contributed by atoms with van der Waals surface area (Å²) in [5, 5.41) is 0. The van der Waals surface area contributed by atoms with E-state index in [9.17, 15) is 4.79 Å². The second kappa shape index (κ2) is 8.50. The standard InChI is InChI=1S/C26H29NO4/c1-16-10-17(2)22(18(3)11-16)14-21-6-7-23(31-21)26(28)27-9-8-19-12-24(29-4)25(30-5)13-20(19)15-27/h6-7,10-13H,8-9,14-15H2,1-5H3. The van der Waals surface area contributed by atoms with E-state index in [2.05, 4.69) is 32.9 Å².